The van der Waals surface area contributed by atoms with E-state index in [1.807, 2.05) is 49.4 Å². The Kier molecular flexibility index (Phi) is 4.39. The molecule has 4 heteroatoms. The van der Waals surface area contributed by atoms with Crippen LogP contribution in [-0.4, -0.2) is 9.97 Å². The molecule has 1 aromatic heterocycles. The Labute approximate surface area is 133 Å². The van der Waals surface area contributed by atoms with Crippen molar-refractivity contribution in [2.45, 2.75) is 17.8 Å². The fourth-order valence-corrected chi connectivity index (χ4v) is 2.93. The molecule has 0 aliphatic carbocycles. The van der Waals surface area contributed by atoms with Gasteiger partial charge in [-0.15, -0.1) is 0 Å². The topological polar surface area (TPSA) is 45.8 Å². The normalized spacial score (nSPS) is 10.6. The Morgan fingerprint density at radius 1 is 1.05 bits per heavy atom. The molecule has 0 radical (unpaired) electrons. The number of thioether (sulfide) groups is 1. The number of hydrogen-bond donors (Lipinski definition) is 1. The number of aromatic amines is 1. The fraction of sp³-hybridized carbons (Fsp3) is 0.111. The lowest BCUT2D eigenvalue weighted by Gasteiger charge is -2.05. The highest BCUT2D eigenvalue weighted by atomic mass is 32.2. The van der Waals surface area contributed by atoms with E-state index in [9.17, 15) is 4.79 Å². The highest BCUT2D eigenvalue weighted by Gasteiger charge is 2.05. The summed E-state index contributed by atoms with van der Waals surface area (Å²) in [6, 6.07) is 19.7. The van der Waals surface area contributed by atoms with E-state index < -0.39 is 0 Å². The van der Waals surface area contributed by atoms with E-state index in [1.165, 1.54) is 29.0 Å². The minimum Gasteiger partial charge on any atom is -0.301 e. The molecule has 3 nitrogen and oxygen atoms in total. The van der Waals surface area contributed by atoms with E-state index in [0.29, 0.717) is 10.9 Å². The first kappa shape index (κ1) is 14.6. The lowest BCUT2D eigenvalue weighted by atomic mass is 10.1. The Hall–Kier alpha value is -2.33. The molecule has 0 fully saturated rings. The van der Waals surface area contributed by atoms with Crippen LogP contribution in [0.15, 0.2) is 70.6 Å². The van der Waals surface area contributed by atoms with Crippen LogP contribution in [0.2, 0.25) is 0 Å². The number of hydrogen-bond acceptors (Lipinski definition) is 3. The van der Waals surface area contributed by atoms with Crippen LogP contribution < -0.4 is 5.56 Å². The predicted octanol–water partition coefficient (Wildman–Crippen LogP) is 4.04. The molecule has 110 valence electrons. The number of benzene rings is 2. The van der Waals surface area contributed by atoms with E-state index in [2.05, 4.69) is 22.1 Å². The smallest absolute Gasteiger partial charge is 0.252 e. The third-order valence-corrected chi connectivity index (χ3v) is 4.23. The molecule has 22 heavy (non-hydrogen) atoms. The Balaban J connectivity index is 1.84. The van der Waals surface area contributed by atoms with Crippen molar-refractivity contribution >= 4 is 11.8 Å². The van der Waals surface area contributed by atoms with Gasteiger partial charge in [-0.2, -0.15) is 0 Å². The van der Waals surface area contributed by atoms with E-state index in [0.717, 1.165) is 11.3 Å². The first-order chi connectivity index (χ1) is 10.7. The van der Waals surface area contributed by atoms with Crippen molar-refractivity contribution in [3.63, 3.8) is 0 Å². The number of nitrogens with zero attached hydrogens (tertiary/aromatic N) is 1. The van der Waals surface area contributed by atoms with E-state index in [1.54, 1.807) is 0 Å². The van der Waals surface area contributed by atoms with Crippen LogP contribution in [0.5, 0.6) is 0 Å². The molecule has 2 aromatic carbocycles. The van der Waals surface area contributed by atoms with Crippen molar-refractivity contribution in [3.05, 3.63) is 82.1 Å². The van der Waals surface area contributed by atoms with Gasteiger partial charge in [0, 0.05) is 17.4 Å². The van der Waals surface area contributed by atoms with Gasteiger partial charge >= 0.3 is 0 Å². The van der Waals surface area contributed by atoms with Gasteiger partial charge in [-0.3, -0.25) is 4.79 Å². The fourth-order valence-electron chi connectivity index (χ4n) is 2.10. The summed E-state index contributed by atoms with van der Waals surface area (Å²) in [5, 5.41) is 0.645. The quantitative estimate of drug-likeness (QED) is 0.584. The summed E-state index contributed by atoms with van der Waals surface area (Å²) in [5.74, 6) is 0.779. The van der Waals surface area contributed by atoms with Gasteiger partial charge in [-0.05, 0) is 12.5 Å². The molecule has 3 rings (SSSR count). The summed E-state index contributed by atoms with van der Waals surface area (Å²) in [4.78, 5) is 19.2. The maximum absolute atomic E-state index is 11.9. The molecule has 3 aromatic rings. The lowest BCUT2D eigenvalue weighted by Crippen LogP contribution is -2.08. The van der Waals surface area contributed by atoms with Gasteiger partial charge in [-0.1, -0.05) is 71.9 Å². The molecule has 1 heterocycles. The van der Waals surface area contributed by atoms with Crippen LogP contribution in [-0.2, 0) is 5.75 Å². The summed E-state index contributed by atoms with van der Waals surface area (Å²) in [6.07, 6.45) is 0. The van der Waals surface area contributed by atoms with Crippen molar-refractivity contribution < 1.29 is 0 Å². The van der Waals surface area contributed by atoms with Gasteiger partial charge in [-0.25, -0.2) is 4.98 Å². The van der Waals surface area contributed by atoms with Crippen LogP contribution in [0.3, 0.4) is 0 Å². The monoisotopic (exact) mass is 308 g/mol. The molecule has 1 N–H and O–H groups in total. The minimum absolute atomic E-state index is 0.124. The van der Waals surface area contributed by atoms with Crippen LogP contribution in [0, 0.1) is 6.92 Å². The highest BCUT2D eigenvalue weighted by Crippen LogP contribution is 2.21. The van der Waals surface area contributed by atoms with E-state index >= 15 is 0 Å². The lowest BCUT2D eigenvalue weighted by molar-refractivity contribution is 0.942. The molecule has 0 aliphatic heterocycles. The number of nitrogens with one attached hydrogen (secondary N) is 1. The van der Waals surface area contributed by atoms with Gasteiger partial charge in [0.25, 0.3) is 5.56 Å². The second kappa shape index (κ2) is 6.62. The zero-order chi connectivity index (χ0) is 15.4. The Morgan fingerprint density at radius 3 is 2.50 bits per heavy atom. The van der Waals surface area contributed by atoms with Gasteiger partial charge in [0.2, 0.25) is 0 Å². The molecule has 0 bridgehead atoms. The molecule has 0 atom stereocenters. The minimum atomic E-state index is -0.124. The predicted molar refractivity (Wildman–Crippen MR) is 91.0 cm³/mol. The van der Waals surface area contributed by atoms with Gasteiger partial charge in [0.1, 0.15) is 0 Å². The second-order valence-electron chi connectivity index (χ2n) is 5.08. The average molecular weight is 308 g/mol. The number of rotatable bonds is 4. The first-order valence-electron chi connectivity index (χ1n) is 7.06. The molecule has 0 spiro atoms. The molecule has 0 aliphatic rings. The summed E-state index contributed by atoms with van der Waals surface area (Å²) >= 11 is 1.53. The van der Waals surface area contributed by atoms with Crippen molar-refractivity contribution in [2.24, 2.45) is 0 Å². The van der Waals surface area contributed by atoms with Crippen molar-refractivity contribution in [3.8, 4) is 11.3 Å². The van der Waals surface area contributed by atoms with Crippen molar-refractivity contribution in [2.75, 3.05) is 0 Å². The molecular weight excluding hydrogens is 292 g/mol. The summed E-state index contributed by atoms with van der Waals surface area (Å²) in [7, 11) is 0. The number of aryl methyl sites for hydroxylation is 1. The maximum atomic E-state index is 11.9. The molecule has 0 amide bonds. The number of H-pyrrole nitrogens is 1. The SMILES string of the molecule is Cc1ccc(-c2cc(=O)[nH]c(SCc3ccccc3)n2)cc1. The average Bonchev–Trinajstić information content (AvgIpc) is 2.54. The third kappa shape index (κ3) is 3.65. The van der Waals surface area contributed by atoms with Crippen LogP contribution in [0.4, 0.5) is 0 Å². The molecular formula is C18H16N2OS. The maximum Gasteiger partial charge on any atom is 0.252 e. The van der Waals surface area contributed by atoms with Crippen molar-refractivity contribution in [1.82, 2.24) is 9.97 Å². The molecule has 0 saturated carbocycles. The Morgan fingerprint density at radius 2 is 1.77 bits per heavy atom. The van der Waals surface area contributed by atoms with E-state index in [4.69, 9.17) is 0 Å². The third-order valence-electron chi connectivity index (χ3n) is 3.29. The van der Waals surface area contributed by atoms with Gasteiger partial charge in [0.05, 0.1) is 5.69 Å². The Bertz CT molecular complexity index is 810. The summed E-state index contributed by atoms with van der Waals surface area (Å²) in [6.45, 7) is 2.04. The van der Waals surface area contributed by atoms with Gasteiger partial charge in [0.15, 0.2) is 5.16 Å². The second-order valence-corrected chi connectivity index (χ2v) is 6.04. The highest BCUT2D eigenvalue weighted by molar-refractivity contribution is 7.98. The zero-order valence-electron chi connectivity index (χ0n) is 12.2. The van der Waals surface area contributed by atoms with Crippen molar-refractivity contribution in [1.29, 1.82) is 0 Å². The number of aromatic nitrogens is 2. The summed E-state index contributed by atoms with van der Waals surface area (Å²) < 4.78 is 0. The largest absolute Gasteiger partial charge is 0.301 e. The molecule has 0 saturated heterocycles. The van der Waals surface area contributed by atoms with Crippen LogP contribution in [0.1, 0.15) is 11.1 Å². The zero-order valence-corrected chi connectivity index (χ0v) is 13.1. The molecule has 0 unspecified atom stereocenters. The summed E-state index contributed by atoms with van der Waals surface area (Å²) in [5.41, 5.74) is 3.93. The van der Waals surface area contributed by atoms with Gasteiger partial charge < -0.3 is 4.98 Å². The van der Waals surface area contributed by atoms with Crippen LogP contribution >= 0.6 is 11.8 Å². The van der Waals surface area contributed by atoms with Crippen LogP contribution in [0.25, 0.3) is 11.3 Å². The standard InChI is InChI=1S/C18H16N2OS/c1-13-7-9-15(10-8-13)16-11-17(21)20-18(19-16)22-12-14-5-3-2-4-6-14/h2-11H,12H2,1H3,(H,19,20,21). The van der Waals surface area contributed by atoms with E-state index in [-0.39, 0.29) is 5.56 Å². The first-order valence-corrected chi connectivity index (χ1v) is 8.04.